The molecule has 0 saturated carbocycles. The van der Waals surface area contributed by atoms with Crippen molar-refractivity contribution in [3.05, 3.63) is 0 Å². The molecule has 3 aliphatic rings. The van der Waals surface area contributed by atoms with E-state index < -0.39 is 66.0 Å². The molecule has 3 heterocycles. The van der Waals surface area contributed by atoms with E-state index in [9.17, 15) is 44.7 Å². The molecule has 0 aliphatic carbocycles. The lowest BCUT2D eigenvalue weighted by Crippen LogP contribution is -2.58. The molecule has 25 nitrogen and oxygen atoms in total. The van der Waals surface area contributed by atoms with Gasteiger partial charge in [0.25, 0.3) is 0 Å². The van der Waals surface area contributed by atoms with Gasteiger partial charge in [0.1, 0.15) is 23.9 Å². The number of nitrogens with two attached hydrogens (primary N) is 5. The van der Waals surface area contributed by atoms with E-state index >= 15 is 0 Å². The minimum atomic E-state index is -1.11. The number of amides is 4. The maximum absolute atomic E-state index is 12.5. The number of nitrogens with one attached hydrogen (secondary N) is 1. The van der Waals surface area contributed by atoms with Gasteiger partial charge in [-0.1, -0.05) is 67.7 Å². The minimum Gasteiger partial charge on any atom is -0.396 e. The fourth-order valence-electron chi connectivity index (χ4n) is 8.54. The molecule has 17 N–H and O–H groups in total. The van der Waals surface area contributed by atoms with Crippen molar-refractivity contribution in [1.29, 1.82) is 0 Å². The zero-order chi connectivity index (χ0) is 66.0. The van der Waals surface area contributed by atoms with Crippen LogP contribution in [0.5, 0.6) is 0 Å². The molecule has 9 atom stereocenters. The van der Waals surface area contributed by atoms with Crippen LogP contribution in [0.4, 0.5) is 0 Å². The van der Waals surface area contributed by atoms with Gasteiger partial charge in [-0.3, -0.25) is 19.2 Å². The van der Waals surface area contributed by atoms with Gasteiger partial charge in [-0.25, -0.2) is 0 Å². The SMILES string of the molecule is CC.CC(C)CCOC(C)(C)CC1OCCC(O)C1O.CCCCO.CCCCOC(C)(C)CC1OCCC(O)C1OCCC1OCCC(O)C1O.CCN.NCCCCCC(=O)NC(COCCC(N)=O)(COCCC(N)=O)COCCC(N)=O. The van der Waals surface area contributed by atoms with Gasteiger partial charge in [0.05, 0.1) is 87.5 Å². The predicted octanol–water partition coefficient (Wildman–Crippen LogP) is 2.94. The van der Waals surface area contributed by atoms with E-state index in [1.807, 2.05) is 48.5 Å². The van der Waals surface area contributed by atoms with Crippen molar-refractivity contribution in [3.8, 4) is 0 Å². The van der Waals surface area contributed by atoms with E-state index in [0.29, 0.717) is 97.0 Å². The molecule has 0 radical (unpaired) electrons. The Balaban J connectivity index is -0.00000114. The highest BCUT2D eigenvalue weighted by molar-refractivity contribution is 5.77. The molecule has 3 rings (SSSR count). The number of aliphatic hydroxyl groups is 6. The van der Waals surface area contributed by atoms with Crippen LogP contribution in [0.2, 0.25) is 0 Å². The van der Waals surface area contributed by atoms with Crippen LogP contribution in [-0.4, -0.2) is 225 Å². The maximum atomic E-state index is 12.5. The number of ether oxygens (including phenoxy) is 9. The summed E-state index contributed by atoms with van der Waals surface area (Å²) in [5.74, 6) is -1.19. The lowest BCUT2D eigenvalue weighted by molar-refractivity contribution is -0.187. The fraction of sp³-hybridized carbons (Fsp3) is 0.934. The number of rotatable bonds is 39. The van der Waals surface area contributed by atoms with E-state index in [4.69, 9.17) is 76.4 Å². The van der Waals surface area contributed by atoms with E-state index in [1.165, 1.54) is 0 Å². The molecule has 25 heteroatoms. The van der Waals surface area contributed by atoms with Gasteiger partial charge in [0, 0.05) is 84.8 Å². The van der Waals surface area contributed by atoms with Crippen LogP contribution in [0.25, 0.3) is 0 Å². The number of primary amides is 3. The van der Waals surface area contributed by atoms with E-state index in [0.717, 1.165) is 58.1 Å². The van der Waals surface area contributed by atoms with Crippen molar-refractivity contribution in [2.45, 2.75) is 263 Å². The van der Waals surface area contributed by atoms with Crippen LogP contribution >= 0.6 is 0 Å². The summed E-state index contributed by atoms with van der Waals surface area (Å²) in [5.41, 5.74) is 23.9. The van der Waals surface area contributed by atoms with Crippen molar-refractivity contribution in [2.75, 3.05) is 99.0 Å². The van der Waals surface area contributed by atoms with E-state index in [-0.39, 0.29) is 94.6 Å². The average molecular weight is 1250 g/mol. The summed E-state index contributed by atoms with van der Waals surface area (Å²) in [6, 6.07) is 0. The first kappa shape index (κ1) is 87.4. The van der Waals surface area contributed by atoms with Crippen molar-refractivity contribution < 1.29 is 92.4 Å². The number of carbonyl (C=O) groups is 4. The van der Waals surface area contributed by atoms with E-state index in [2.05, 4.69) is 33.0 Å². The smallest absolute Gasteiger partial charge is 0.220 e. The average Bonchev–Trinajstić information content (AvgIpc) is 2.46. The topological polar surface area (TPSA) is 415 Å². The summed E-state index contributed by atoms with van der Waals surface area (Å²) in [6.07, 6.45) is 5.82. The summed E-state index contributed by atoms with van der Waals surface area (Å²) in [7, 11) is 0. The van der Waals surface area contributed by atoms with Crippen LogP contribution in [0.15, 0.2) is 0 Å². The summed E-state index contributed by atoms with van der Waals surface area (Å²) < 4.78 is 51.4. The molecule has 514 valence electrons. The number of aliphatic hydroxyl groups excluding tert-OH is 6. The molecule has 4 amide bonds. The molecule has 0 bridgehead atoms. The second-order valence-electron chi connectivity index (χ2n) is 23.3. The first-order chi connectivity index (χ1) is 40.7. The van der Waals surface area contributed by atoms with Crippen LogP contribution in [0.3, 0.4) is 0 Å². The van der Waals surface area contributed by atoms with Crippen LogP contribution < -0.4 is 34.0 Å². The number of unbranched alkanes of at least 4 members (excludes halogenated alkanes) is 4. The third-order valence-corrected chi connectivity index (χ3v) is 13.4. The molecule has 3 saturated heterocycles. The fourth-order valence-corrected chi connectivity index (χ4v) is 8.54. The van der Waals surface area contributed by atoms with Crippen molar-refractivity contribution in [3.63, 3.8) is 0 Å². The van der Waals surface area contributed by atoms with Gasteiger partial charge < -0.3 is 107 Å². The first-order valence-electron chi connectivity index (χ1n) is 31.7. The minimum absolute atomic E-state index is 0.00812. The van der Waals surface area contributed by atoms with Gasteiger partial charge in [-0.05, 0) is 104 Å². The first-order valence-corrected chi connectivity index (χ1v) is 31.7. The predicted molar refractivity (Wildman–Crippen MR) is 331 cm³/mol. The zero-order valence-corrected chi connectivity index (χ0v) is 55.0. The molecule has 9 unspecified atom stereocenters. The zero-order valence-electron chi connectivity index (χ0n) is 55.0. The highest BCUT2D eigenvalue weighted by Gasteiger charge is 2.40. The molecule has 0 aromatic heterocycles. The second kappa shape index (κ2) is 54.0. The third-order valence-electron chi connectivity index (χ3n) is 13.4. The Labute approximate surface area is 516 Å². The molecule has 86 heavy (non-hydrogen) atoms. The Morgan fingerprint density at radius 3 is 1.43 bits per heavy atom. The van der Waals surface area contributed by atoms with Gasteiger partial charge >= 0.3 is 0 Å². The highest BCUT2D eigenvalue weighted by atomic mass is 16.6. The molecule has 3 aliphatic heterocycles. The van der Waals surface area contributed by atoms with Gasteiger partial charge in [0.2, 0.25) is 23.6 Å². The van der Waals surface area contributed by atoms with Crippen molar-refractivity contribution >= 4 is 23.6 Å². The molecular weight excluding hydrogens is 1120 g/mol. The summed E-state index contributed by atoms with van der Waals surface area (Å²) >= 11 is 0. The molecule has 0 spiro atoms. The maximum Gasteiger partial charge on any atom is 0.220 e. The molecule has 3 fully saturated rings. The van der Waals surface area contributed by atoms with Gasteiger partial charge in [-0.2, -0.15) is 0 Å². The monoisotopic (exact) mass is 1250 g/mol. The largest absolute Gasteiger partial charge is 0.396 e. The Hall–Kier alpha value is -2.80. The summed E-state index contributed by atoms with van der Waals surface area (Å²) in [6.45, 7) is 27.4. The quantitative estimate of drug-likeness (QED) is 0.0394. The highest BCUT2D eigenvalue weighted by Crippen LogP contribution is 2.29. The van der Waals surface area contributed by atoms with Crippen LogP contribution in [-0.2, 0) is 61.8 Å². The molecule has 0 aromatic carbocycles. The van der Waals surface area contributed by atoms with Crippen molar-refractivity contribution in [1.82, 2.24) is 5.32 Å². The standard InChI is InChI=1S/C20H38O7.C19H37N5O7.C14H28O4.C4H10O.C2H7N.C2H6/c1-4-5-9-27-20(2,3)13-17-19(15(22)7-11-25-17)26-12-8-16-18(23)14(21)6-10-24-16;20-8-3-1-2-4-18(28)24-19(12-29-9-5-15(21)25,13-30-10-6-16(22)26)14-31-11-7-17(23)27;1-10(2)5-8-18-14(3,4)9-12-13(16)11(15)6-7-17-12;1-2-3-4-5;1-2-3;1-2/h14-19,21-23H,4-13H2,1-3H3;1-14,20H2,(H2,21,25)(H2,22,26)(H2,23,27)(H,24,28);10-13,15-16H,5-9H2,1-4H3;5H,2-4H2,1H3;2-3H2,1H3;1-2H3. The second-order valence-corrected chi connectivity index (χ2v) is 23.3. The summed E-state index contributed by atoms with van der Waals surface area (Å²) in [4.78, 5) is 45.4. The van der Waals surface area contributed by atoms with Gasteiger partial charge in [0.15, 0.2) is 0 Å². The van der Waals surface area contributed by atoms with Crippen LogP contribution in [0.1, 0.15) is 192 Å². The summed E-state index contributed by atoms with van der Waals surface area (Å²) in [5, 5.41) is 60.6. The Morgan fingerprint density at radius 2 is 1.00 bits per heavy atom. The van der Waals surface area contributed by atoms with Crippen LogP contribution in [0, 0.1) is 5.92 Å². The number of hydrogen-bond acceptors (Lipinski definition) is 21. The molecular formula is C61H126N6O19. The number of carbonyl (C=O) groups excluding carboxylic acids is 4. The number of hydrogen-bond donors (Lipinski definition) is 12. The van der Waals surface area contributed by atoms with Crippen molar-refractivity contribution in [2.24, 2.45) is 34.6 Å². The Kier molecular flexibility index (Phi) is 54.9. The lowest BCUT2D eigenvalue weighted by Gasteiger charge is -2.39. The Bertz CT molecular complexity index is 1580. The third kappa shape index (κ3) is 47.2. The Morgan fingerprint density at radius 1 is 0.570 bits per heavy atom. The van der Waals surface area contributed by atoms with E-state index in [1.54, 1.807) is 0 Å². The lowest BCUT2D eigenvalue weighted by atomic mass is 9.92. The van der Waals surface area contributed by atoms with Gasteiger partial charge in [-0.15, -0.1) is 0 Å². The normalized spacial score (nSPS) is 22.2. The molecule has 0 aromatic rings.